The summed E-state index contributed by atoms with van der Waals surface area (Å²) in [6.45, 7) is 6.31. The molecule has 1 unspecified atom stereocenters. The van der Waals surface area contributed by atoms with Crippen LogP contribution in [0.2, 0.25) is 0 Å². The highest BCUT2D eigenvalue weighted by Gasteiger charge is 2.19. The number of carbonyl (C=O) groups excluding carboxylic acids is 3. The van der Waals surface area contributed by atoms with Crippen molar-refractivity contribution in [1.82, 2.24) is 0 Å². The van der Waals surface area contributed by atoms with Crippen molar-refractivity contribution in [1.29, 1.82) is 0 Å². The second kappa shape index (κ2) is 66.0. The monoisotopic (exact) mass is 1100 g/mol. The summed E-state index contributed by atoms with van der Waals surface area (Å²) in [5.74, 6) is -1.00. The molecule has 1 atom stereocenters. The molecule has 0 spiro atoms. The fraction of sp³-hybridized carbons (Fsp3) is 0.554. The Morgan fingerprint density at radius 3 is 0.800 bits per heavy atom. The molecule has 0 aliphatic rings. The number of ether oxygens (including phenoxy) is 3. The van der Waals surface area contributed by atoms with Gasteiger partial charge in [0.1, 0.15) is 13.2 Å². The maximum absolute atomic E-state index is 12.9. The molecule has 6 nitrogen and oxygen atoms in total. The van der Waals surface area contributed by atoms with E-state index in [-0.39, 0.29) is 44.0 Å². The van der Waals surface area contributed by atoms with E-state index >= 15 is 0 Å². The van der Waals surface area contributed by atoms with E-state index in [0.29, 0.717) is 12.8 Å². The van der Waals surface area contributed by atoms with Crippen LogP contribution in [-0.4, -0.2) is 37.2 Å². The molecule has 0 aromatic carbocycles. The average molecular weight is 1100 g/mol. The summed E-state index contributed by atoms with van der Waals surface area (Å²) in [6.07, 6.45) is 98.9. The lowest BCUT2D eigenvalue weighted by atomic mass is 10.1. The maximum Gasteiger partial charge on any atom is 0.306 e. The topological polar surface area (TPSA) is 78.9 Å². The third-order valence-corrected chi connectivity index (χ3v) is 12.6. The van der Waals surface area contributed by atoms with Crippen molar-refractivity contribution >= 4 is 17.9 Å². The highest BCUT2D eigenvalue weighted by molar-refractivity contribution is 5.71. The van der Waals surface area contributed by atoms with Gasteiger partial charge in [-0.1, -0.05) is 248 Å². The second-order valence-electron chi connectivity index (χ2n) is 20.2. The SMILES string of the molecule is CC/C=C\C/C=C\C/C=C\C/C=C\C/C=C\C/C=C\C/C=C\C/C=C\CCCCC(=O)OCC(COC(=O)CCCCCCC/C=C\CCCCC)OC(=O)CCCCCC/C=C\C/C=C\C/C=C\C/C=C\C/C=C\C/C=C\CC. The largest absolute Gasteiger partial charge is 0.462 e. The third-order valence-electron chi connectivity index (χ3n) is 12.6. The van der Waals surface area contributed by atoms with Crippen LogP contribution in [0.4, 0.5) is 0 Å². The predicted octanol–water partition coefficient (Wildman–Crippen LogP) is 22.0. The first-order chi connectivity index (χ1) is 39.5. The molecule has 0 saturated carbocycles. The van der Waals surface area contributed by atoms with E-state index in [1.165, 1.54) is 32.1 Å². The van der Waals surface area contributed by atoms with Gasteiger partial charge in [-0.3, -0.25) is 14.4 Å². The lowest BCUT2D eigenvalue weighted by Gasteiger charge is -2.18. The normalized spacial score (nSPS) is 13.4. The molecule has 0 fully saturated rings. The summed E-state index contributed by atoms with van der Waals surface area (Å²) in [7, 11) is 0. The molecule has 446 valence electrons. The zero-order valence-corrected chi connectivity index (χ0v) is 51.0. The molecule has 80 heavy (non-hydrogen) atoms. The molecule has 0 aromatic heterocycles. The van der Waals surface area contributed by atoms with E-state index in [4.69, 9.17) is 14.2 Å². The predicted molar refractivity (Wildman–Crippen MR) is 348 cm³/mol. The summed E-state index contributed by atoms with van der Waals surface area (Å²) in [5.41, 5.74) is 0. The minimum Gasteiger partial charge on any atom is -0.462 e. The number of hydrogen-bond acceptors (Lipinski definition) is 6. The van der Waals surface area contributed by atoms with E-state index < -0.39 is 6.10 Å². The van der Waals surface area contributed by atoms with Crippen molar-refractivity contribution in [2.45, 2.75) is 252 Å². The highest BCUT2D eigenvalue weighted by Crippen LogP contribution is 2.13. The van der Waals surface area contributed by atoms with Crippen molar-refractivity contribution < 1.29 is 28.6 Å². The van der Waals surface area contributed by atoms with Crippen molar-refractivity contribution in [3.8, 4) is 0 Å². The van der Waals surface area contributed by atoms with E-state index in [1.54, 1.807) is 0 Å². The number of rotatable bonds is 55. The number of carbonyl (C=O) groups is 3. The minimum atomic E-state index is -0.825. The molecule has 0 radical (unpaired) electrons. The Morgan fingerprint density at radius 2 is 0.487 bits per heavy atom. The summed E-state index contributed by atoms with van der Waals surface area (Å²) >= 11 is 0. The van der Waals surface area contributed by atoms with Gasteiger partial charge in [0.15, 0.2) is 6.10 Å². The first kappa shape index (κ1) is 74.5. The Bertz CT molecular complexity index is 1890. The number of allylic oxidation sites excluding steroid dienone is 30. The Balaban J connectivity index is 4.51. The van der Waals surface area contributed by atoms with E-state index in [2.05, 4.69) is 203 Å². The third kappa shape index (κ3) is 63.3. The molecular formula is C74H114O6. The molecule has 0 aliphatic carbocycles. The van der Waals surface area contributed by atoms with Crippen LogP contribution in [0.15, 0.2) is 182 Å². The molecule has 0 N–H and O–H groups in total. The van der Waals surface area contributed by atoms with E-state index in [9.17, 15) is 14.4 Å². The zero-order valence-electron chi connectivity index (χ0n) is 51.0. The van der Waals surface area contributed by atoms with Gasteiger partial charge in [0.25, 0.3) is 0 Å². The van der Waals surface area contributed by atoms with Crippen LogP contribution in [0.3, 0.4) is 0 Å². The van der Waals surface area contributed by atoms with Crippen LogP contribution in [0.25, 0.3) is 0 Å². The Kier molecular flexibility index (Phi) is 61.5. The molecule has 0 aliphatic heterocycles. The van der Waals surface area contributed by atoms with Crippen LogP contribution in [0, 0.1) is 0 Å². The lowest BCUT2D eigenvalue weighted by Crippen LogP contribution is -2.30. The van der Waals surface area contributed by atoms with E-state index in [0.717, 1.165) is 167 Å². The smallest absolute Gasteiger partial charge is 0.306 e. The Labute approximate surface area is 491 Å². The van der Waals surface area contributed by atoms with Crippen molar-refractivity contribution in [2.24, 2.45) is 0 Å². The molecule has 0 rings (SSSR count). The molecule has 0 saturated heterocycles. The number of hydrogen-bond donors (Lipinski definition) is 0. The summed E-state index contributed by atoms with van der Waals surface area (Å²) in [6, 6.07) is 0. The standard InChI is InChI=1S/C74H114O6/c1-4-7-10-13-16-19-22-25-27-29-31-33-35-36-37-38-40-41-43-45-47-49-52-55-58-61-64-67-73(76)79-70-71(69-78-72(75)66-63-60-57-54-51-24-21-18-15-12-9-6-3)80-74(77)68-65-62-59-56-53-50-48-46-44-42-39-34-32-30-28-26-23-20-17-14-11-8-5-2/h7-8,10-11,16-21,25-28,31-34,36-37,40-42,44-45,47-48,50,52,55,71H,4-6,9,12-15,22-24,29-30,35,38-39,43,46,49,51,53-54,56-70H2,1-3H3/b10-7-,11-8-,19-16-,20-17-,21-18-,27-25-,28-26-,33-31-,34-32-,37-36-,41-40-,44-42-,47-45-,50-48-,55-52-. The highest BCUT2D eigenvalue weighted by atomic mass is 16.6. The van der Waals surface area contributed by atoms with Gasteiger partial charge in [-0.25, -0.2) is 0 Å². The zero-order chi connectivity index (χ0) is 57.8. The summed E-state index contributed by atoms with van der Waals surface area (Å²) < 4.78 is 16.8. The average Bonchev–Trinajstić information content (AvgIpc) is 3.46. The fourth-order valence-electron chi connectivity index (χ4n) is 7.92. The van der Waals surface area contributed by atoms with Gasteiger partial charge in [0.05, 0.1) is 0 Å². The number of esters is 3. The lowest BCUT2D eigenvalue weighted by molar-refractivity contribution is -0.167. The van der Waals surface area contributed by atoms with Crippen LogP contribution in [0.1, 0.15) is 245 Å². The quantitative estimate of drug-likeness (QED) is 0.0261. The van der Waals surface area contributed by atoms with Gasteiger partial charge in [-0.2, -0.15) is 0 Å². The molecule has 0 heterocycles. The van der Waals surface area contributed by atoms with Gasteiger partial charge >= 0.3 is 17.9 Å². The van der Waals surface area contributed by atoms with Gasteiger partial charge in [-0.05, 0) is 161 Å². The minimum absolute atomic E-state index is 0.116. The van der Waals surface area contributed by atoms with E-state index in [1.807, 2.05) is 0 Å². The molecule has 0 aromatic rings. The Morgan fingerprint density at radius 1 is 0.263 bits per heavy atom. The first-order valence-electron chi connectivity index (χ1n) is 31.8. The van der Waals surface area contributed by atoms with Crippen molar-refractivity contribution in [3.05, 3.63) is 182 Å². The van der Waals surface area contributed by atoms with Gasteiger partial charge in [0.2, 0.25) is 0 Å². The number of unbranched alkanes of at least 4 members (excludes halogenated alkanes) is 14. The van der Waals surface area contributed by atoms with Crippen molar-refractivity contribution in [2.75, 3.05) is 13.2 Å². The van der Waals surface area contributed by atoms with Gasteiger partial charge in [0, 0.05) is 19.3 Å². The molecule has 0 bridgehead atoms. The van der Waals surface area contributed by atoms with Crippen molar-refractivity contribution in [3.63, 3.8) is 0 Å². The van der Waals surface area contributed by atoms with Crippen LogP contribution >= 0.6 is 0 Å². The van der Waals surface area contributed by atoms with Gasteiger partial charge < -0.3 is 14.2 Å². The summed E-state index contributed by atoms with van der Waals surface area (Å²) in [5, 5.41) is 0. The van der Waals surface area contributed by atoms with Crippen LogP contribution in [-0.2, 0) is 28.6 Å². The molecule has 0 amide bonds. The van der Waals surface area contributed by atoms with Crippen LogP contribution in [0.5, 0.6) is 0 Å². The summed E-state index contributed by atoms with van der Waals surface area (Å²) in [4.78, 5) is 38.3. The molecular weight excluding hydrogens is 985 g/mol. The fourth-order valence-corrected chi connectivity index (χ4v) is 7.92. The second-order valence-corrected chi connectivity index (χ2v) is 20.2. The van der Waals surface area contributed by atoms with Gasteiger partial charge in [-0.15, -0.1) is 0 Å². The first-order valence-corrected chi connectivity index (χ1v) is 31.8. The van der Waals surface area contributed by atoms with Crippen LogP contribution < -0.4 is 0 Å². The molecule has 6 heteroatoms. The Hall–Kier alpha value is -5.49. The maximum atomic E-state index is 12.9.